The van der Waals surface area contributed by atoms with Crippen LogP contribution in [0.5, 0.6) is 0 Å². The van der Waals surface area contributed by atoms with Gasteiger partial charge in [0.2, 0.25) is 6.54 Å². The van der Waals surface area contributed by atoms with E-state index in [0.29, 0.717) is 6.54 Å². The van der Waals surface area contributed by atoms with Gasteiger partial charge in [-0.05, 0) is 6.92 Å². The molecule has 0 amide bonds. The molecule has 0 spiro atoms. The van der Waals surface area contributed by atoms with Gasteiger partial charge in [-0.1, -0.05) is 21.3 Å². The Kier molecular flexibility index (Phi) is 228. The van der Waals surface area contributed by atoms with E-state index in [1.54, 1.807) is 0 Å². The first-order chi connectivity index (χ1) is 5.33. The van der Waals surface area contributed by atoms with Crippen LogP contribution in [0.4, 0.5) is 0 Å². The Bertz CT molecular complexity index is 79.5. The molecule has 5 heteroatoms. The number of hydrogen-bond acceptors (Lipinski definition) is 1. The maximum absolute atomic E-state index is 8.81. The van der Waals surface area contributed by atoms with Gasteiger partial charge >= 0.3 is 0 Å². The van der Waals surface area contributed by atoms with Gasteiger partial charge < -0.3 is 9.64 Å². The van der Waals surface area contributed by atoms with Gasteiger partial charge in [-0.15, -0.1) is 0 Å². The molecule has 0 rings (SSSR count). The first kappa shape index (κ1) is 36.0. The molecule has 2 nitrogen and oxygen atoms in total. The van der Waals surface area contributed by atoms with Crippen LogP contribution < -0.4 is 0 Å². The minimum atomic E-state index is 0. The Morgan fingerprint density at radius 1 is 1.38 bits per heavy atom. The predicted molar refractivity (Wildman–Crippen MR) is 47.0 cm³/mol. The molecule has 0 N–H and O–H groups in total. The van der Waals surface area contributed by atoms with E-state index in [1.807, 2.05) is 20.8 Å². The minimum absolute atomic E-state index is 0. The summed E-state index contributed by atoms with van der Waals surface area (Å²) in [6, 6.07) is 0. The maximum Gasteiger partial charge on any atom is 0.211 e. The zero-order valence-electron chi connectivity index (χ0n) is 9.70. The Hall–Kier alpha value is 2.94. The van der Waals surface area contributed by atoms with Crippen LogP contribution in [0.1, 0.15) is 36.5 Å². The second-order valence-electron chi connectivity index (χ2n) is 0.710. The van der Waals surface area contributed by atoms with Crippen LogP contribution in [0, 0.1) is 120 Å². The molecule has 0 heterocycles. The fourth-order valence-electron chi connectivity index (χ4n) is 0. The van der Waals surface area contributed by atoms with Crippen molar-refractivity contribution in [3.8, 4) is 0 Å². The standard InChI is InChI=1S/C3H5N.C2H4O.C2H6.CH4.3Ar/c1-3-4-2;1-2-3;1-2;;;;/h3H2,1H3;2H,1H3;1-2H3;1H4;;;/i;;;1D;;;. The van der Waals surface area contributed by atoms with Crippen molar-refractivity contribution in [1.29, 1.82) is 0 Å². The van der Waals surface area contributed by atoms with Gasteiger partial charge in [0, 0.05) is 122 Å². The quantitative estimate of drug-likeness (QED) is 0.488. The molecule has 0 bridgehead atoms. The van der Waals surface area contributed by atoms with Crippen molar-refractivity contribution in [2.75, 3.05) is 6.54 Å². The topological polar surface area (TPSA) is 21.4 Å². The van der Waals surface area contributed by atoms with Gasteiger partial charge in [0.15, 0.2) is 0 Å². The summed E-state index contributed by atoms with van der Waals surface area (Å²) >= 11 is 0. The number of rotatable bonds is 0. The van der Waals surface area contributed by atoms with Crippen LogP contribution in [0.2, 0.25) is 0 Å². The molecule has 86 valence electrons. The van der Waals surface area contributed by atoms with E-state index >= 15 is 0 Å². The normalized spacial score (nSPS) is 3.54. The average molecular weight is 266 g/mol. The van der Waals surface area contributed by atoms with Crippen molar-refractivity contribution in [3.05, 3.63) is 11.4 Å². The maximum atomic E-state index is 8.81. The van der Waals surface area contributed by atoms with Gasteiger partial charge in [-0.25, -0.2) is 6.57 Å². The summed E-state index contributed by atoms with van der Waals surface area (Å²) in [4.78, 5) is 11.8. The predicted octanol–water partition coefficient (Wildman–Crippen LogP) is 2.79. The Labute approximate surface area is 175 Å². The van der Waals surface area contributed by atoms with Crippen LogP contribution in [-0.2, 0) is 4.79 Å². The largest absolute Gasteiger partial charge is 0.317 e. The first-order valence-corrected chi connectivity index (χ1v) is 3.06. The molecule has 0 fully saturated rings. The number of carbonyl (C=O) groups excluding carboxylic acids is 1. The Morgan fingerprint density at radius 2 is 1.46 bits per heavy atom. The van der Waals surface area contributed by atoms with Gasteiger partial charge in [0.05, 0.1) is 0 Å². The molecular formula is C8H19Ar3NO. The molecule has 0 aromatic heterocycles. The van der Waals surface area contributed by atoms with E-state index in [2.05, 4.69) is 4.85 Å². The minimum Gasteiger partial charge on any atom is -0.317 e. The molecule has 0 aliphatic heterocycles. The molecule has 0 unspecified atom stereocenters. The SMILES string of the molecule is CC.CC=O.[2H]C.[Ar].[Ar].[Ar].[C-]#[N+]CC. The summed E-state index contributed by atoms with van der Waals surface area (Å²) < 4.78 is 5.75. The monoisotopic (exact) mass is 266 g/mol. The molecule has 13 heavy (non-hydrogen) atoms. The number of carbonyl (C=O) groups is 1. The van der Waals surface area contributed by atoms with Crippen LogP contribution in [0.15, 0.2) is 0 Å². The molecule has 0 radical (unpaired) electrons. The van der Waals surface area contributed by atoms with Crippen molar-refractivity contribution in [1.82, 2.24) is 0 Å². The van der Waals surface area contributed by atoms with E-state index < -0.39 is 0 Å². The Morgan fingerprint density at radius 3 is 1.46 bits per heavy atom. The van der Waals surface area contributed by atoms with Crippen molar-refractivity contribution >= 4 is 6.29 Å². The molecule has 0 saturated heterocycles. The third kappa shape index (κ3) is 161. The van der Waals surface area contributed by atoms with Crippen molar-refractivity contribution < 1.29 is 119 Å². The van der Waals surface area contributed by atoms with E-state index in [-0.39, 0.29) is 113 Å². The molecule has 0 aliphatic rings. The van der Waals surface area contributed by atoms with Crippen LogP contribution in [-0.4, -0.2) is 12.8 Å². The van der Waals surface area contributed by atoms with Crippen molar-refractivity contribution in [3.63, 3.8) is 0 Å². The zero-order chi connectivity index (χ0) is 10.1. The molecular weight excluding hydrogens is 246 g/mol. The summed E-state index contributed by atoms with van der Waals surface area (Å²) in [7, 11) is 1.25. The van der Waals surface area contributed by atoms with Crippen molar-refractivity contribution in [2.45, 2.75) is 35.1 Å². The second kappa shape index (κ2) is 82.3. The Balaban J connectivity index is -0.00000000908. The third-order valence-corrected chi connectivity index (χ3v) is 0.158. The van der Waals surface area contributed by atoms with Crippen LogP contribution in [0.3, 0.4) is 0 Å². The summed E-state index contributed by atoms with van der Waals surface area (Å²) in [5.74, 6) is 0. The molecule has 0 atom stereocenters. The number of hydrogen-bond donors (Lipinski definition) is 0. The summed E-state index contributed by atoms with van der Waals surface area (Å²) in [5.41, 5.74) is 0. The fourth-order valence-corrected chi connectivity index (χ4v) is 0. The van der Waals surface area contributed by atoms with Gasteiger partial charge in [0.1, 0.15) is 6.29 Å². The first-order valence-electron chi connectivity index (χ1n) is 4.06. The summed E-state index contributed by atoms with van der Waals surface area (Å²) in [6.45, 7) is 14.0. The fraction of sp³-hybridized carbons (Fsp3) is 0.750. The van der Waals surface area contributed by atoms with E-state index in [9.17, 15) is 0 Å². The second-order valence-corrected chi connectivity index (χ2v) is 0.710. The van der Waals surface area contributed by atoms with E-state index in [1.165, 1.54) is 14.3 Å². The average Bonchev–Trinajstić information content (AvgIpc) is 2.12. The molecule has 0 aromatic carbocycles. The van der Waals surface area contributed by atoms with Crippen LogP contribution in [0.25, 0.3) is 4.85 Å². The zero-order valence-corrected chi connectivity index (χ0v) is 10.8. The van der Waals surface area contributed by atoms with E-state index in [0.717, 1.165) is 6.29 Å². The van der Waals surface area contributed by atoms with Gasteiger partial charge in [-0.3, -0.25) is 0 Å². The van der Waals surface area contributed by atoms with E-state index in [4.69, 9.17) is 12.7 Å². The van der Waals surface area contributed by atoms with Gasteiger partial charge in [-0.2, -0.15) is 0 Å². The van der Waals surface area contributed by atoms with Gasteiger partial charge in [0.25, 0.3) is 0 Å². The van der Waals surface area contributed by atoms with Crippen molar-refractivity contribution in [2.24, 2.45) is 0 Å². The smallest absolute Gasteiger partial charge is 0.211 e. The number of aldehydes is 1. The third-order valence-electron chi connectivity index (χ3n) is 0.158. The summed E-state index contributed by atoms with van der Waals surface area (Å²) in [6.07, 6.45) is 0.750. The molecule has 0 aromatic rings. The summed E-state index contributed by atoms with van der Waals surface area (Å²) in [5, 5.41) is 0. The molecule has 0 saturated carbocycles. The number of nitrogens with zero attached hydrogens (tertiary/aromatic N) is 1. The molecule has 0 aliphatic carbocycles. The van der Waals surface area contributed by atoms with Crippen LogP contribution >= 0.6 is 0 Å².